The van der Waals surface area contributed by atoms with Crippen molar-refractivity contribution in [2.45, 2.75) is 58.4 Å². The number of amides is 1. The van der Waals surface area contributed by atoms with Gasteiger partial charge < -0.3 is 9.73 Å². The van der Waals surface area contributed by atoms with Gasteiger partial charge in [0, 0.05) is 11.7 Å². The van der Waals surface area contributed by atoms with Crippen LogP contribution in [0.1, 0.15) is 59.5 Å². The molecular weight excluding hydrogens is 380 g/mol. The highest BCUT2D eigenvalue weighted by Gasteiger charge is 2.25. The molecule has 8 nitrogen and oxygen atoms in total. The molecule has 1 aromatic heterocycles. The number of rotatable bonds is 6. The van der Waals surface area contributed by atoms with Crippen LogP contribution in [0.25, 0.3) is 0 Å². The number of carbonyl (C=O) groups is 1. The quantitative estimate of drug-likeness (QED) is 0.681. The van der Waals surface area contributed by atoms with E-state index in [1.165, 1.54) is 28.5 Å². The Morgan fingerprint density at radius 2 is 1.75 bits per heavy atom. The van der Waals surface area contributed by atoms with Crippen molar-refractivity contribution < 1.29 is 17.6 Å². The van der Waals surface area contributed by atoms with Gasteiger partial charge in [-0.25, -0.2) is 9.71 Å². The number of fused-ring (bicyclic) bond motifs is 2. The molecule has 0 bridgehead atoms. The summed E-state index contributed by atoms with van der Waals surface area (Å²) < 4.78 is 33.4. The van der Waals surface area contributed by atoms with Crippen LogP contribution < -0.4 is 14.8 Å². The molecule has 28 heavy (non-hydrogen) atoms. The molecule has 2 aliphatic carbocycles. The first-order valence-electron chi connectivity index (χ1n) is 9.56. The van der Waals surface area contributed by atoms with Crippen LogP contribution in [0, 0.1) is 0 Å². The summed E-state index contributed by atoms with van der Waals surface area (Å²) in [4.78, 5) is 16.3. The maximum Gasteiger partial charge on any atom is 0.303 e. The largest absolute Gasteiger partial charge is 0.418 e. The number of nitrogens with zero attached hydrogens (tertiary/aromatic N) is 1. The van der Waals surface area contributed by atoms with Gasteiger partial charge in [0.15, 0.2) is 0 Å². The SMILES string of the molecule is CC(C)NS(=O)(=O)NC(=O)c1cnc(Nc2c3c(cc4c2CCC4)CCC3)o1. The molecule has 1 amide bonds. The molecule has 150 valence electrons. The van der Waals surface area contributed by atoms with Crippen LogP contribution in [-0.4, -0.2) is 25.4 Å². The lowest BCUT2D eigenvalue weighted by Crippen LogP contribution is -2.43. The van der Waals surface area contributed by atoms with Gasteiger partial charge in [0.1, 0.15) is 0 Å². The summed E-state index contributed by atoms with van der Waals surface area (Å²) in [5.41, 5.74) is 6.39. The number of hydrogen-bond donors (Lipinski definition) is 3. The second kappa shape index (κ2) is 7.21. The van der Waals surface area contributed by atoms with Gasteiger partial charge in [-0.2, -0.15) is 13.1 Å². The minimum Gasteiger partial charge on any atom is -0.418 e. The topological polar surface area (TPSA) is 113 Å². The zero-order chi connectivity index (χ0) is 19.9. The highest BCUT2D eigenvalue weighted by atomic mass is 32.2. The molecule has 0 atom stereocenters. The lowest BCUT2D eigenvalue weighted by molar-refractivity contribution is 0.0955. The van der Waals surface area contributed by atoms with Crippen molar-refractivity contribution in [2.24, 2.45) is 0 Å². The molecule has 1 heterocycles. The average Bonchev–Trinajstić information content (AvgIpc) is 3.32. The van der Waals surface area contributed by atoms with E-state index in [9.17, 15) is 13.2 Å². The Kier molecular flexibility index (Phi) is 4.88. The molecule has 9 heteroatoms. The van der Waals surface area contributed by atoms with Gasteiger partial charge in [-0.15, -0.1) is 0 Å². The Labute approximate surface area is 164 Å². The van der Waals surface area contributed by atoms with Crippen molar-refractivity contribution in [2.75, 3.05) is 5.32 Å². The number of aromatic nitrogens is 1. The van der Waals surface area contributed by atoms with E-state index < -0.39 is 16.1 Å². The number of aryl methyl sites for hydroxylation is 2. The van der Waals surface area contributed by atoms with Gasteiger partial charge in [-0.3, -0.25) is 4.79 Å². The molecule has 0 saturated heterocycles. The summed E-state index contributed by atoms with van der Waals surface area (Å²) in [6, 6.07) is 2.19. The van der Waals surface area contributed by atoms with Crippen molar-refractivity contribution in [1.29, 1.82) is 0 Å². The van der Waals surface area contributed by atoms with Crippen molar-refractivity contribution >= 4 is 27.8 Å². The molecule has 0 fully saturated rings. The fourth-order valence-electron chi connectivity index (χ4n) is 4.02. The fourth-order valence-corrected chi connectivity index (χ4v) is 5.05. The third-order valence-electron chi connectivity index (χ3n) is 5.05. The lowest BCUT2D eigenvalue weighted by Gasteiger charge is -2.15. The van der Waals surface area contributed by atoms with Gasteiger partial charge in [0.2, 0.25) is 5.76 Å². The van der Waals surface area contributed by atoms with E-state index in [4.69, 9.17) is 4.42 Å². The van der Waals surface area contributed by atoms with Gasteiger partial charge in [0.05, 0.1) is 6.20 Å². The summed E-state index contributed by atoms with van der Waals surface area (Å²) in [7, 11) is -3.95. The van der Waals surface area contributed by atoms with Crippen LogP contribution in [0.15, 0.2) is 16.7 Å². The Bertz CT molecular complexity index is 995. The zero-order valence-corrected chi connectivity index (χ0v) is 16.8. The molecular formula is C19H24N4O4S. The maximum atomic E-state index is 12.2. The number of nitrogens with one attached hydrogen (secondary N) is 3. The Morgan fingerprint density at radius 3 is 2.36 bits per heavy atom. The van der Waals surface area contributed by atoms with E-state index in [2.05, 4.69) is 21.1 Å². The Balaban J connectivity index is 1.55. The van der Waals surface area contributed by atoms with Gasteiger partial charge in [0.25, 0.3) is 6.01 Å². The lowest BCUT2D eigenvalue weighted by atomic mass is 9.99. The summed E-state index contributed by atoms with van der Waals surface area (Å²) in [5.74, 6) is -1.03. The number of oxazole rings is 1. The number of anilines is 2. The van der Waals surface area contributed by atoms with Crippen LogP contribution in [0.5, 0.6) is 0 Å². The van der Waals surface area contributed by atoms with Crippen molar-refractivity contribution in [3.05, 3.63) is 40.3 Å². The predicted molar refractivity (Wildman–Crippen MR) is 105 cm³/mol. The first-order chi connectivity index (χ1) is 13.3. The second-order valence-corrected chi connectivity index (χ2v) is 9.04. The highest BCUT2D eigenvalue weighted by molar-refractivity contribution is 7.88. The van der Waals surface area contributed by atoms with E-state index in [-0.39, 0.29) is 17.8 Å². The summed E-state index contributed by atoms with van der Waals surface area (Å²) >= 11 is 0. The van der Waals surface area contributed by atoms with E-state index in [0.29, 0.717) is 0 Å². The van der Waals surface area contributed by atoms with E-state index in [1.54, 1.807) is 13.8 Å². The molecule has 0 unspecified atom stereocenters. The Morgan fingerprint density at radius 1 is 1.11 bits per heavy atom. The minimum absolute atomic E-state index is 0.166. The molecule has 0 radical (unpaired) electrons. The van der Waals surface area contributed by atoms with Crippen LogP contribution in [0.2, 0.25) is 0 Å². The highest BCUT2D eigenvalue weighted by Crippen LogP contribution is 2.39. The number of hydrogen-bond acceptors (Lipinski definition) is 6. The molecule has 0 saturated carbocycles. The molecule has 2 aliphatic rings. The predicted octanol–water partition coefficient (Wildman–Crippen LogP) is 2.37. The minimum atomic E-state index is -3.95. The third kappa shape index (κ3) is 3.77. The summed E-state index contributed by atoms with van der Waals surface area (Å²) in [6.45, 7) is 3.33. The average molecular weight is 404 g/mol. The molecule has 1 aromatic carbocycles. The van der Waals surface area contributed by atoms with Gasteiger partial charge >= 0.3 is 16.1 Å². The van der Waals surface area contributed by atoms with E-state index >= 15 is 0 Å². The fraction of sp³-hybridized carbons (Fsp3) is 0.474. The maximum absolute atomic E-state index is 12.2. The zero-order valence-electron chi connectivity index (χ0n) is 16.0. The Hall–Kier alpha value is -2.39. The number of benzene rings is 1. The van der Waals surface area contributed by atoms with Crippen molar-refractivity contribution in [1.82, 2.24) is 14.4 Å². The van der Waals surface area contributed by atoms with Crippen LogP contribution in [0.4, 0.5) is 11.7 Å². The monoisotopic (exact) mass is 404 g/mol. The first-order valence-corrected chi connectivity index (χ1v) is 11.0. The van der Waals surface area contributed by atoms with Gasteiger partial charge in [-0.1, -0.05) is 6.07 Å². The third-order valence-corrected chi connectivity index (χ3v) is 6.29. The first kappa shape index (κ1) is 18.9. The normalized spacial score (nSPS) is 15.5. The standard InChI is InChI=1S/C19H24N4O4S/c1-11(2)22-28(25,26)23-18(24)16-10-20-19(27-16)21-17-14-7-3-5-12(14)9-13-6-4-8-15(13)17/h9-11,22H,3-8H2,1-2H3,(H,20,21)(H,23,24). The van der Waals surface area contributed by atoms with Crippen molar-refractivity contribution in [3.63, 3.8) is 0 Å². The van der Waals surface area contributed by atoms with Crippen molar-refractivity contribution in [3.8, 4) is 0 Å². The smallest absolute Gasteiger partial charge is 0.303 e. The molecule has 3 N–H and O–H groups in total. The second-order valence-electron chi connectivity index (χ2n) is 7.60. The summed E-state index contributed by atoms with van der Waals surface area (Å²) in [6.07, 6.45) is 7.68. The van der Waals surface area contributed by atoms with Gasteiger partial charge in [-0.05, 0) is 74.6 Å². The van der Waals surface area contributed by atoms with Crippen LogP contribution >= 0.6 is 0 Å². The van der Waals surface area contributed by atoms with E-state index in [0.717, 1.165) is 44.2 Å². The molecule has 4 rings (SSSR count). The molecule has 2 aromatic rings. The number of carbonyl (C=O) groups excluding carboxylic acids is 1. The summed E-state index contributed by atoms with van der Waals surface area (Å²) in [5, 5.41) is 3.25. The van der Waals surface area contributed by atoms with E-state index in [1.807, 2.05) is 4.72 Å². The van der Waals surface area contributed by atoms with Crippen LogP contribution in [0.3, 0.4) is 0 Å². The van der Waals surface area contributed by atoms with Crippen LogP contribution in [-0.2, 0) is 35.9 Å². The molecule has 0 spiro atoms. The molecule has 0 aliphatic heterocycles.